The quantitative estimate of drug-likeness (QED) is 0.682. The first-order valence-electron chi connectivity index (χ1n) is 5.38. The summed E-state index contributed by atoms with van der Waals surface area (Å²) < 4.78 is 0. The van der Waals surface area contributed by atoms with E-state index in [0.717, 1.165) is 12.1 Å². The number of nitrogens with zero attached hydrogens (tertiary/aromatic N) is 1. The zero-order valence-electron chi connectivity index (χ0n) is 9.21. The molecule has 0 amide bonds. The highest BCUT2D eigenvalue weighted by atomic mass is 15.1. The average molecular weight is 209 g/mol. The van der Waals surface area contributed by atoms with E-state index >= 15 is 0 Å². The van der Waals surface area contributed by atoms with Gasteiger partial charge in [-0.05, 0) is 23.8 Å². The van der Waals surface area contributed by atoms with E-state index in [1.165, 1.54) is 5.69 Å². The van der Waals surface area contributed by atoms with Crippen LogP contribution in [-0.2, 0) is 0 Å². The molecule has 0 fully saturated rings. The Kier molecular flexibility index (Phi) is 3.39. The minimum absolute atomic E-state index is 0.873. The molecule has 1 heterocycles. The van der Waals surface area contributed by atoms with Crippen molar-refractivity contribution in [1.29, 1.82) is 0 Å². The van der Waals surface area contributed by atoms with E-state index in [4.69, 9.17) is 0 Å². The summed E-state index contributed by atoms with van der Waals surface area (Å²) in [5.41, 5.74) is 2.20. The lowest BCUT2D eigenvalue weighted by atomic mass is 10.2. The normalized spacial score (nSPS) is 19.8. The Hall–Kier alpha value is -2.02. The van der Waals surface area contributed by atoms with E-state index < -0.39 is 0 Å². The zero-order valence-corrected chi connectivity index (χ0v) is 9.21. The van der Waals surface area contributed by atoms with Crippen LogP contribution in [0.3, 0.4) is 0 Å². The first-order valence-corrected chi connectivity index (χ1v) is 5.38. The number of rotatable bonds is 1. The van der Waals surface area contributed by atoms with Crippen LogP contribution in [0.1, 0.15) is 0 Å². The molecule has 0 atom stereocenters. The Balaban J connectivity index is 2.24. The van der Waals surface area contributed by atoms with Crippen molar-refractivity contribution >= 4 is 5.69 Å². The third kappa shape index (κ3) is 2.74. The molecule has 0 aromatic heterocycles. The molecule has 0 saturated heterocycles. The molecular formula is C15H15N. The number of benzene rings is 1. The topological polar surface area (TPSA) is 3.24 Å². The van der Waals surface area contributed by atoms with Gasteiger partial charge in [0.2, 0.25) is 0 Å². The molecule has 1 aromatic rings. The fourth-order valence-electron chi connectivity index (χ4n) is 1.55. The van der Waals surface area contributed by atoms with E-state index in [1.807, 2.05) is 42.5 Å². The van der Waals surface area contributed by atoms with Gasteiger partial charge in [-0.3, -0.25) is 0 Å². The number of allylic oxidation sites excluding steroid dienone is 5. The smallest absolute Gasteiger partial charge is 0.0409 e. The van der Waals surface area contributed by atoms with Crippen molar-refractivity contribution in [2.75, 3.05) is 11.4 Å². The Morgan fingerprint density at radius 1 is 1.00 bits per heavy atom. The second kappa shape index (κ2) is 5.17. The lowest BCUT2D eigenvalue weighted by Gasteiger charge is -2.18. The summed E-state index contributed by atoms with van der Waals surface area (Å²) in [4.78, 5) is 2.19. The third-order valence-electron chi connectivity index (χ3n) is 2.42. The first kappa shape index (κ1) is 10.5. The van der Waals surface area contributed by atoms with Crippen LogP contribution in [-0.4, -0.2) is 6.54 Å². The highest BCUT2D eigenvalue weighted by molar-refractivity contribution is 5.51. The van der Waals surface area contributed by atoms with Gasteiger partial charge in [0.25, 0.3) is 0 Å². The van der Waals surface area contributed by atoms with Crippen LogP contribution in [0.5, 0.6) is 0 Å². The Bertz CT molecular complexity index is 438. The predicted octanol–water partition coefficient (Wildman–Crippen LogP) is 3.69. The minimum Gasteiger partial charge on any atom is -0.344 e. The van der Waals surface area contributed by atoms with E-state index in [0.29, 0.717) is 0 Å². The minimum atomic E-state index is 0.873. The molecule has 1 aliphatic rings. The maximum Gasteiger partial charge on any atom is 0.0409 e. The lowest BCUT2D eigenvalue weighted by molar-refractivity contribution is 1.09. The molecule has 0 saturated carbocycles. The molecule has 0 spiro atoms. The number of anilines is 1. The monoisotopic (exact) mass is 209 g/mol. The van der Waals surface area contributed by atoms with Crippen molar-refractivity contribution < 1.29 is 0 Å². The van der Waals surface area contributed by atoms with E-state index in [9.17, 15) is 0 Å². The van der Waals surface area contributed by atoms with Gasteiger partial charge in [-0.25, -0.2) is 0 Å². The molecule has 0 radical (unpaired) electrons. The van der Waals surface area contributed by atoms with Crippen LogP contribution >= 0.6 is 0 Å². The van der Waals surface area contributed by atoms with Gasteiger partial charge in [0.05, 0.1) is 0 Å². The molecule has 1 heteroatoms. The summed E-state index contributed by atoms with van der Waals surface area (Å²) in [6, 6.07) is 10.3. The van der Waals surface area contributed by atoms with Crippen LogP contribution in [0, 0.1) is 0 Å². The molecule has 0 aliphatic carbocycles. The SMILES string of the molecule is C=C1C=CN(c2ccccc2)C/C=C\C=C/1. The Labute approximate surface area is 96.7 Å². The van der Waals surface area contributed by atoms with Gasteiger partial charge in [0, 0.05) is 18.4 Å². The summed E-state index contributed by atoms with van der Waals surface area (Å²) in [6.45, 7) is 4.82. The molecule has 1 aromatic carbocycles. The van der Waals surface area contributed by atoms with Crippen molar-refractivity contribution in [3.63, 3.8) is 0 Å². The van der Waals surface area contributed by atoms with E-state index in [-0.39, 0.29) is 0 Å². The van der Waals surface area contributed by atoms with Gasteiger partial charge in [0.15, 0.2) is 0 Å². The van der Waals surface area contributed by atoms with Crippen molar-refractivity contribution in [3.05, 3.63) is 79.1 Å². The van der Waals surface area contributed by atoms with Crippen molar-refractivity contribution in [2.24, 2.45) is 0 Å². The number of para-hydroxylation sites is 1. The van der Waals surface area contributed by atoms with E-state index in [1.54, 1.807) is 0 Å². The fraction of sp³-hybridized carbons (Fsp3) is 0.0667. The molecule has 16 heavy (non-hydrogen) atoms. The zero-order chi connectivity index (χ0) is 11.2. The first-order chi connectivity index (χ1) is 7.86. The van der Waals surface area contributed by atoms with Gasteiger partial charge in [0.1, 0.15) is 0 Å². The van der Waals surface area contributed by atoms with Crippen molar-refractivity contribution in [1.82, 2.24) is 0 Å². The molecule has 80 valence electrons. The standard InChI is InChI=1S/C15H15N/c1-14-8-4-3-7-12-16(13-11-14)15-9-5-2-6-10-15/h2-11,13H,1,12H2/b7-3-,8-4-,13-11?. The van der Waals surface area contributed by atoms with E-state index in [2.05, 4.69) is 35.9 Å². The summed E-state index contributed by atoms with van der Waals surface area (Å²) in [5, 5.41) is 0. The van der Waals surface area contributed by atoms with Crippen molar-refractivity contribution in [2.45, 2.75) is 0 Å². The summed E-state index contributed by atoms with van der Waals surface area (Å²) >= 11 is 0. The highest BCUT2D eigenvalue weighted by Crippen LogP contribution is 2.14. The molecule has 0 N–H and O–H groups in total. The van der Waals surface area contributed by atoms with Gasteiger partial charge >= 0.3 is 0 Å². The Morgan fingerprint density at radius 3 is 2.62 bits per heavy atom. The van der Waals surface area contributed by atoms with Crippen LogP contribution in [0.15, 0.2) is 79.1 Å². The van der Waals surface area contributed by atoms with Gasteiger partial charge < -0.3 is 4.90 Å². The fourth-order valence-corrected chi connectivity index (χ4v) is 1.55. The molecule has 0 bridgehead atoms. The molecule has 1 aliphatic heterocycles. The third-order valence-corrected chi connectivity index (χ3v) is 2.42. The molecule has 0 unspecified atom stereocenters. The summed E-state index contributed by atoms with van der Waals surface area (Å²) in [5.74, 6) is 0. The molecule has 1 nitrogen and oxygen atoms in total. The number of hydrogen-bond acceptors (Lipinski definition) is 1. The lowest BCUT2D eigenvalue weighted by Crippen LogP contribution is -2.15. The van der Waals surface area contributed by atoms with Gasteiger partial charge in [-0.2, -0.15) is 0 Å². The van der Waals surface area contributed by atoms with Crippen LogP contribution < -0.4 is 4.90 Å². The van der Waals surface area contributed by atoms with Crippen molar-refractivity contribution in [3.8, 4) is 0 Å². The predicted molar refractivity (Wildman–Crippen MR) is 70.3 cm³/mol. The highest BCUT2D eigenvalue weighted by Gasteiger charge is 1.99. The summed E-state index contributed by atoms with van der Waals surface area (Å²) in [7, 11) is 0. The molecular weight excluding hydrogens is 194 g/mol. The summed E-state index contributed by atoms with van der Waals surface area (Å²) in [6.07, 6.45) is 12.3. The second-order valence-electron chi connectivity index (χ2n) is 3.67. The second-order valence-corrected chi connectivity index (χ2v) is 3.67. The largest absolute Gasteiger partial charge is 0.344 e. The Morgan fingerprint density at radius 2 is 1.81 bits per heavy atom. The maximum absolute atomic E-state index is 3.95. The molecule has 2 rings (SSSR count). The number of hydrogen-bond donors (Lipinski definition) is 0. The van der Waals surface area contributed by atoms with Gasteiger partial charge in [-0.15, -0.1) is 0 Å². The average Bonchev–Trinajstić information content (AvgIpc) is 2.43. The maximum atomic E-state index is 3.95. The van der Waals surface area contributed by atoms with Crippen LogP contribution in [0.2, 0.25) is 0 Å². The van der Waals surface area contributed by atoms with Gasteiger partial charge in [-0.1, -0.05) is 49.1 Å². The van der Waals surface area contributed by atoms with Crippen LogP contribution in [0.4, 0.5) is 5.69 Å². The van der Waals surface area contributed by atoms with Crippen LogP contribution in [0.25, 0.3) is 0 Å².